The standard InChI is InChI=1S/C29H23F5N2O5/c1-4-39-21-13-17(8-11-20(21)41-14-16-6-9-18(10-7-16)29(38)40-5-2)12-19-15(3)35-36(28(19)37)27-25(33)23(31)22(30)24(32)26(27)34/h6-13H,4-5,14H2,1-3H3/b19-12-. The fraction of sp³-hybridized carbons (Fsp3) is 0.207. The summed E-state index contributed by atoms with van der Waals surface area (Å²) in [6, 6.07) is 11.4. The van der Waals surface area contributed by atoms with E-state index < -0.39 is 46.6 Å². The van der Waals surface area contributed by atoms with Crippen LogP contribution in [-0.4, -0.2) is 30.8 Å². The second kappa shape index (κ2) is 12.2. The number of benzene rings is 3. The van der Waals surface area contributed by atoms with Gasteiger partial charge in [0, 0.05) is 0 Å². The summed E-state index contributed by atoms with van der Waals surface area (Å²) in [5, 5.41) is 3.87. The van der Waals surface area contributed by atoms with E-state index in [-0.39, 0.29) is 36.1 Å². The Bertz CT molecular complexity index is 1540. The van der Waals surface area contributed by atoms with Gasteiger partial charge in [0.15, 0.2) is 34.8 Å². The highest BCUT2D eigenvalue weighted by Gasteiger charge is 2.37. The van der Waals surface area contributed by atoms with Gasteiger partial charge < -0.3 is 14.2 Å². The largest absolute Gasteiger partial charge is 0.490 e. The summed E-state index contributed by atoms with van der Waals surface area (Å²) in [6.45, 7) is 5.50. The summed E-state index contributed by atoms with van der Waals surface area (Å²) in [5.74, 6) is -11.9. The smallest absolute Gasteiger partial charge is 0.338 e. The van der Waals surface area contributed by atoms with E-state index in [1.807, 2.05) is 0 Å². The minimum absolute atomic E-state index is 0.0107. The first-order valence-electron chi connectivity index (χ1n) is 12.4. The fourth-order valence-corrected chi connectivity index (χ4v) is 3.90. The van der Waals surface area contributed by atoms with Crippen molar-refractivity contribution in [2.24, 2.45) is 5.10 Å². The molecule has 0 saturated heterocycles. The van der Waals surface area contributed by atoms with Crippen molar-refractivity contribution < 1.29 is 45.8 Å². The van der Waals surface area contributed by atoms with Gasteiger partial charge in [-0.3, -0.25) is 4.79 Å². The molecule has 0 unspecified atom stereocenters. The molecule has 0 atom stereocenters. The highest BCUT2D eigenvalue weighted by molar-refractivity contribution is 6.32. The van der Waals surface area contributed by atoms with Crippen LogP contribution in [0, 0.1) is 29.1 Å². The van der Waals surface area contributed by atoms with Crippen LogP contribution in [0.1, 0.15) is 42.3 Å². The maximum absolute atomic E-state index is 14.3. The van der Waals surface area contributed by atoms with Crippen LogP contribution in [0.4, 0.5) is 27.6 Å². The molecule has 214 valence electrons. The molecule has 41 heavy (non-hydrogen) atoms. The number of anilines is 1. The first-order chi connectivity index (χ1) is 19.6. The normalized spacial score (nSPS) is 14.0. The van der Waals surface area contributed by atoms with E-state index >= 15 is 0 Å². The van der Waals surface area contributed by atoms with Gasteiger partial charge in [0.05, 0.1) is 30.1 Å². The predicted octanol–water partition coefficient (Wildman–Crippen LogP) is 6.34. The third-order valence-corrected chi connectivity index (χ3v) is 5.90. The second-order valence-electron chi connectivity index (χ2n) is 8.62. The number of carbonyl (C=O) groups is 2. The average Bonchev–Trinajstić information content (AvgIpc) is 3.23. The van der Waals surface area contributed by atoms with E-state index in [0.29, 0.717) is 22.6 Å². The van der Waals surface area contributed by atoms with E-state index in [1.54, 1.807) is 56.3 Å². The van der Waals surface area contributed by atoms with Crippen LogP contribution in [0.2, 0.25) is 0 Å². The minimum Gasteiger partial charge on any atom is -0.490 e. The molecule has 1 aliphatic rings. The Labute approximate surface area is 231 Å². The number of nitrogens with zero attached hydrogens (tertiary/aromatic N) is 2. The van der Waals surface area contributed by atoms with Crippen LogP contribution in [0.15, 0.2) is 53.1 Å². The molecule has 3 aromatic carbocycles. The summed E-state index contributed by atoms with van der Waals surface area (Å²) in [6.07, 6.45) is 1.34. The highest BCUT2D eigenvalue weighted by Crippen LogP contribution is 2.35. The third-order valence-electron chi connectivity index (χ3n) is 5.90. The molecule has 0 N–H and O–H groups in total. The molecule has 3 aromatic rings. The molecule has 0 saturated carbocycles. The topological polar surface area (TPSA) is 77.4 Å². The second-order valence-corrected chi connectivity index (χ2v) is 8.62. The number of carbonyl (C=O) groups excluding carboxylic acids is 2. The van der Waals surface area contributed by atoms with Crippen molar-refractivity contribution in [2.75, 3.05) is 18.2 Å². The van der Waals surface area contributed by atoms with Gasteiger partial charge in [0.25, 0.3) is 5.91 Å². The van der Waals surface area contributed by atoms with Crippen molar-refractivity contribution in [1.29, 1.82) is 0 Å². The van der Waals surface area contributed by atoms with Gasteiger partial charge in [0.1, 0.15) is 12.3 Å². The Balaban J connectivity index is 1.56. The first kappa shape index (κ1) is 29.2. The molecule has 12 heteroatoms. The summed E-state index contributed by atoms with van der Waals surface area (Å²) in [5.41, 5.74) is -0.0273. The number of ether oxygens (including phenoxy) is 3. The molecule has 1 heterocycles. The monoisotopic (exact) mass is 574 g/mol. The van der Waals surface area contributed by atoms with Crippen LogP contribution >= 0.6 is 0 Å². The Kier molecular flexibility index (Phi) is 8.70. The molecule has 0 fully saturated rings. The molecule has 0 radical (unpaired) electrons. The van der Waals surface area contributed by atoms with Gasteiger partial charge in [-0.2, -0.15) is 10.1 Å². The fourth-order valence-electron chi connectivity index (χ4n) is 3.90. The van der Waals surface area contributed by atoms with Crippen LogP contribution in [0.25, 0.3) is 6.08 Å². The Morgan fingerprint density at radius 3 is 2.10 bits per heavy atom. The lowest BCUT2D eigenvalue weighted by Crippen LogP contribution is -2.25. The number of hydrazone groups is 1. The van der Waals surface area contributed by atoms with Crippen LogP contribution < -0.4 is 14.5 Å². The summed E-state index contributed by atoms with van der Waals surface area (Å²) < 4.78 is 86.0. The van der Waals surface area contributed by atoms with E-state index in [9.17, 15) is 31.5 Å². The van der Waals surface area contributed by atoms with E-state index in [1.165, 1.54) is 13.0 Å². The Morgan fingerprint density at radius 2 is 1.49 bits per heavy atom. The van der Waals surface area contributed by atoms with E-state index in [4.69, 9.17) is 14.2 Å². The molecule has 1 amide bonds. The quantitative estimate of drug-likeness (QED) is 0.0980. The number of hydrogen-bond acceptors (Lipinski definition) is 6. The molecule has 7 nitrogen and oxygen atoms in total. The van der Waals surface area contributed by atoms with Crippen molar-refractivity contribution in [2.45, 2.75) is 27.4 Å². The number of hydrogen-bond donors (Lipinski definition) is 0. The first-order valence-corrected chi connectivity index (χ1v) is 12.4. The van der Waals surface area contributed by atoms with E-state index in [0.717, 1.165) is 5.56 Å². The zero-order valence-electron chi connectivity index (χ0n) is 22.1. The molecule has 4 rings (SSSR count). The number of amides is 1. The van der Waals surface area contributed by atoms with Gasteiger partial charge in [-0.05, 0) is 62.2 Å². The lowest BCUT2D eigenvalue weighted by molar-refractivity contribution is -0.114. The molecule has 0 bridgehead atoms. The molecular weight excluding hydrogens is 551 g/mol. The van der Waals surface area contributed by atoms with Crippen molar-refractivity contribution in [3.63, 3.8) is 0 Å². The number of esters is 1. The summed E-state index contributed by atoms with van der Waals surface area (Å²) >= 11 is 0. The van der Waals surface area contributed by atoms with Gasteiger partial charge in [-0.15, -0.1) is 0 Å². The molecule has 1 aliphatic heterocycles. The zero-order valence-corrected chi connectivity index (χ0v) is 22.1. The van der Waals surface area contributed by atoms with Crippen molar-refractivity contribution in [3.05, 3.63) is 93.8 Å². The maximum atomic E-state index is 14.3. The van der Waals surface area contributed by atoms with Crippen LogP contribution in [0.5, 0.6) is 11.5 Å². The third kappa shape index (κ3) is 5.91. The lowest BCUT2D eigenvalue weighted by Gasteiger charge is -2.15. The van der Waals surface area contributed by atoms with Crippen molar-refractivity contribution in [3.8, 4) is 11.5 Å². The predicted molar refractivity (Wildman–Crippen MR) is 139 cm³/mol. The summed E-state index contributed by atoms with van der Waals surface area (Å²) in [4.78, 5) is 24.8. The van der Waals surface area contributed by atoms with Gasteiger partial charge >= 0.3 is 5.97 Å². The van der Waals surface area contributed by atoms with Gasteiger partial charge in [-0.1, -0.05) is 18.2 Å². The number of rotatable bonds is 9. The van der Waals surface area contributed by atoms with Crippen LogP contribution in [-0.2, 0) is 16.1 Å². The number of halogens is 5. The Morgan fingerprint density at radius 1 is 0.854 bits per heavy atom. The SMILES string of the molecule is CCOC(=O)c1ccc(COc2ccc(/C=C3\C(=O)N(c4c(F)c(F)c(F)c(F)c4F)N=C3C)cc2OCC)cc1. The minimum atomic E-state index is -2.34. The highest BCUT2D eigenvalue weighted by atomic mass is 19.2. The lowest BCUT2D eigenvalue weighted by atomic mass is 10.1. The molecule has 0 aromatic heterocycles. The van der Waals surface area contributed by atoms with Crippen LogP contribution in [0.3, 0.4) is 0 Å². The van der Waals surface area contributed by atoms with Crippen molar-refractivity contribution >= 4 is 29.4 Å². The molecule has 0 aliphatic carbocycles. The molecular formula is C29H23F5N2O5. The zero-order chi connectivity index (χ0) is 29.8. The average molecular weight is 575 g/mol. The van der Waals surface area contributed by atoms with E-state index in [2.05, 4.69) is 5.10 Å². The molecule has 0 spiro atoms. The van der Waals surface area contributed by atoms with Crippen molar-refractivity contribution in [1.82, 2.24) is 0 Å². The maximum Gasteiger partial charge on any atom is 0.338 e. The Hall–Kier alpha value is -4.74. The van der Waals surface area contributed by atoms with Gasteiger partial charge in [0.2, 0.25) is 5.82 Å². The van der Waals surface area contributed by atoms with Gasteiger partial charge in [-0.25, -0.2) is 26.7 Å². The summed E-state index contributed by atoms with van der Waals surface area (Å²) in [7, 11) is 0.